The molecule has 0 saturated carbocycles. The van der Waals surface area contributed by atoms with Gasteiger partial charge in [0.1, 0.15) is 17.5 Å². The smallest absolute Gasteiger partial charge is 0.318 e. The van der Waals surface area contributed by atoms with Gasteiger partial charge >= 0.3 is 6.01 Å². The van der Waals surface area contributed by atoms with Crippen molar-refractivity contribution in [2.45, 2.75) is 49.3 Å². The fourth-order valence-electron chi connectivity index (χ4n) is 5.69. The van der Waals surface area contributed by atoms with E-state index in [1.165, 1.54) is 18.5 Å². The van der Waals surface area contributed by atoms with Crippen molar-refractivity contribution < 1.29 is 27.4 Å². The molecule has 5 heterocycles. The quantitative estimate of drug-likeness (QED) is 0.672. The van der Waals surface area contributed by atoms with Crippen molar-refractivity contribution in [3.63, 3.8) is 0 Å². The molecule has 8 nitrogen and oxygen atoms in total. The molecule has 1 aromatic heterocycles. The van der Waals surface area contributed by atoms with E-state index in [1.54, 1.807) is 0 Å². The average Bonchev–Trinajstić information content (AvgIpc) is 3.57. The van der Waals surface area contributed by atoms with Gasteiger partial charge in [-0.2, -0.15) is 0 Å². The van der Waals surface area contributed by atoms with Crippen molar-refractivity contribution in [3.8, 4) is 5.75 Å². The summed E-state index contributed by atoms with van der Waals surface area (Å²) in [4.78, 5) is 4.52. The van der Waals surface area contributed by atoms with Crippen molar-refractivity contribution in [3.05, 3.63) is 35.7 Å². The van der Waals surface area contributed by atoms with Crippen molar-refractivity contribution >= 4 is 6.01 Å². The van der Waals surface area contributed by atoms with Crippen LogP contribution in [0.5, 0.6) is 5.75 Å². The first-order valence-electron chi connectivity index (χ1n) is 11.7. The number of benzene rings is 1. The summed E-state index contributed by atoms with van der Waals surface area (Å²) in [5, 5.41) is 7.70. The molecule has 1 spiro atoms. The van der Waals surface area contributed by atoms with E-state index < -0.39 is 11.6 Å². The van der Waals surface area contributed by atoms with Crippen LogP contribution in [0.15, 0.2) is 22.9 Å². The van der Waals surface area contributed by atoms with E-state index in [0.717, 1.165) is 57.4 Å². The predicted molar refractivity (Wildman–Crippen MR) is 113 cm³/mol. The molecule has 33 heavy (non-hydrogen) atoms. The Balaban J connectivity index is 1.07. The molecule has 10 heteroatoms. The molecule has 4 saturated heterocycles. The van der Waals surface area contributed by atoms with Crippen LogP contribution in [0, 0.1) is 11.6 Å². The molecule has 0 N–H and O–H groups in total. The van der Waals surface area contributed by atoms with Gasteiger partial charge < -0.3 is 23.5 Å². The van der Waals surface area contributed by atoms with Crippen LogP contribution in [-0.4, -0.2) is 78.8 Å². The third kappa shape index (κ3) is 4.08. The van der Waals surface area contributed by atoms with Crippen LogP contribution in [0.2, 0.25) is 0 Å². The van der Waals surface area contributed by atoms with Gasteiger partial charge in [0.05, 0.1) is 32.9 Å². The second-order valence-electron chi connectivity index (χ2n) is 9.65. The largest absolute Gasteiger partial charge is 0.488 e. The standard InChI is InChI=1S/C23H28F2N4O4/c24-19-7-18(21(8-20(19)25)33-17-3-6-30-11-17)15-1-4-28(5-2-15)16-9-23(32-10-16)12-29(13-23)22-27-26-14-31-22/h7-8,14-17H,1-6,9-13H2. The maximum absolute atomic E-state index is 14.1. The Bertz CT molecular complexity index is 971. The van der Waals surface area contributed by atoms with Gasteiger partial charge in [0.15, 0.2) is 11.6 Å². The number of ether oxygens (including phenoxy) is 3. The molecule has 0 bridgehead atoms. The summed E-state index contributed by atoms with van der Waals surface area (Å²) < 4.78 is 51.0. The molecule has 2 atom stereocenters. The van der Waals surface area contributed by atoms with Crippen LogP contribution in [0.25, 0.3) is 0 Å². The lowest BCUT2D eigenvalue weighted by atomic mass is 9.86. The molecule has 2 unspecified atom stereocenters. The van der Waals surface area contributed by atoms with Gasteiger partial charge in [-0.15, -0.1) is 5.10 Å². The highest BCUT2D eigenvalue weighted by Crippen LogP contribution is 2.41. The lowest BCUT2D eigenvalue weighted by Gasteiger charge is -2.46. The topological polar surface area (TPSA) is 73.1 Å². The average molecular weight is 462 g/mol. The first kappa shape index (κ1) is 21.2. The molecule has 2 aromatic rings. The van der Waals surface area contributed by atoms with E-state index in [1.807, 2.05) is 4.90 Å². The van der Waals surface area contributed by atoms with Crippen molar-refractivity contribution in [2.24, 2.45) is 0 Å². The number of likely N-dealkylation sites (tertiary alicyclic amines) is 1. The molecular formula is C23H28F2N4O4. The molecule has 4 fully saturated rings. The lowest BCUT2D eigenvalue weighted by molar-refractivity contribution is -0.0216. The van der Waals surface area contributed by atoms with Crippen LogP contribution in [0.4, 0.5) is 14.8 Å². The summed E-state index contributed by atoms with van der Waals surface area (Å²) in [6.07, 6.45) is 4.73. The van der Waals surface area contributed by atoms with Gasteiger partial charge in [-0.25, -0.2) is 8.78 Å². The predicted octanol–water partition coefficient (Wildman–Crippen LogP) is 2.74. The number of halogens is 2. The zero-order valence-corrected chi connectivity index (χ0v) is 18.4. The second kappa shape index (κ2) is 8.48. The summed E-state index contributed by atoms with van der Waals surface area (Å²) in [7, 11) is 0. The van der Waals surface area contributed by atoms with Gasteiger partial charge in [-0.05, 0) is 44.3 Å². The molecule has 6 rings (SSSR count). The Morgan fingerprint density at radius 2 is 1.88 bits per heavy atom. The van der Waals surface area contributed by atoms with E-state index in [9.17, 15) is 8.78 Å². The minimum atomic E-state index is -0.867. The number of nitrogens with zero attached hydrogens (tertiary/aromatic N) is 4. The first-order chi connectivity index (χ1) is 16.1. The zero-order valence-electron chi connectivity index (χ0n) is 18.4. The van der Waals surface area contributed by atoms with E-state index >= 15 is 0 Å². The maximum atomic E-state index is 14.1. The number of rotatable bonds is 5. The third-order valence-corrected chi connectivity index (χ3v) is 7.49. The Hall–Kier alpha value is -2.30. The summed E-state index contributed by atoms with van der Waals surface area (Å²) in [6, 6.07) is 3.44. The van der Waals surface area contributed by atoms with Gasteiger partial charge in [0, 0.05) is 24.1 Å². The highest BCUT2D eigenvalue weighted by atomic mass is 19.2. The Labute approximate surface area is 190 Å². The fraction of sp³-hybridized carbons (Fsp3) is 0.652. The molecule has 4 aliphatic heterocycles. The second-order valence-corrected chi connectivity index (χ2v) is 9.65. The van der Waals surface area contributed by atoms with E-state index in [0.29, 0.717) is 37.6 Å². The summed E-state index contributed by atoms with van der Waals surface area (Å²) >= 11 is 0. The SMILES string of the molecule is Fc1cc(OC2CCOC2)c(C2CCN(C3COC4(C3)CN(c3nnco3)C4)CC2)cc1F. The molecular weight excluding hydrogens is 434 g/mol. The minimum absolute atomic E-state index is 0.102. The van der Waals surface area contributed by atoms with Crippen molar-refractivity contribution in [2.75, 3.05) is 50.9 Å². The van der Waals surface area contributed by atoms with Crippen molar-refractivity contribution in [1.82, 2.24) is 15.1 Å². The Morgan fingerprint density at radius 3 is 2.61 bits per heavy atom. The Kier molecular flexibility index (Phi) is 5.46. The summed E-state index contributed by atoms with van der Waals surface area (Å²) in [6.45, 7) is 5.17. The van der Waals surface area contributed by atoms with Crippen molar-refractivity contribution in [1.29, 1.82) is 0 Å². The Morgan fingerprint density at radius 1 is 1.06 bits per heavy atom. The molecule has 4 aliphatic rings. The van der Waals surface area contributed by atoms with Crippen LogP contribution >= 0.6 is 0 Å². The summed E-state index contributed by atoms with van der Waals surface area (Å²) in [5.41, 5.74) is 0.634. The van der Waals surface area contributed by atoms with E-state index in [2.05, 4.69) is 15.1 Å². The van der Waals surface area contributed by atoms with Crippen LogP contribution in [-0.2, 0) is 9.47 Å². The number of hydrogen-bond acceptors (Lipinski definition) is 8. The number of anilines is 1. The maximum Gasteiger partial charge on any atom is 0.318 e. The highest BCUT2D eigenvalue weighted by Gasteiger charge is 2.52. The molecule has 0 amide bonds. The van der Waals surface area contributed by atoms with Gasteiger partial charge in [-0.1, -0.05) is 5.10 Å². The van der Waals surface area contributed by atoms with E-state index in [-0.39, 0.29) is 17.6 Å². The first-order valence-corrected chi connectivity index (χ1v) is 11.7. The van der Waals surface area contributed by atoms with E-state index in [4.69, 9.17) is 18.6 Å². The monoisotopic (exact) mass is 462 g/mol. The highest BCUT2D eigenvalue weighted by molar-refractivity contribution is 5.38. The number of piperidine rings is 1. The lowest BCUT2D eigenvalue weighted by Crippen LogP contribution is -2.62. The number of hydrogen-bond donors (Lipinski definition) is 0. The minimum Gasteiger partial charge on any atom is -0.488 e. The molecule has 0 radical (unpaired) electrons. The van der Waals surface area contributed by atoms with Gasteiger partial charge in [0.25, 0.3) is 0 Å². The van der Waals surface area contributed by atoms with Gasteiger partial charge in [0.2, 0.25) is 6.39 Å². The normalized spacial score (nSPS) is 27.9. The molecule has 178 valence electrons. The summed E-state index contributed by atoms with van der Waals surface area (Å²) in [5.74, 6) is -1.08. The number of aromatic nitrogens is 2. The molecule has 0 aliphatic carbocycles. The molecule has 1 aromatic carbocycles. The van der Waals surface area contributed by atoms with Crippen LogP contribution in [0.3, 0.4) is 0 Å². The fourth-order valence-corrected chi connectivity index (χ4v) is 5.69. The zero-order chi connectivity index (χ0) is 22.4. The van der Waals surface area contributed by atoms with Crippen LogP contribution < -0.4 is 9.64 Å². The van der Waals surface area contributed by atoms with Crippen LogP contribution in [0.1, 0.15) is 37.2 Å². The van der Waals surface area contributed by atoms with Gasteiger partial charge in [-0.3, -0.25) is 4.90 Å². The third-order valence-electron chi connectivity index (χ3n) is 7.49.